The topological polar surface area (TPSA) is 78.3 Å². The summed E-state index contributed by atoms with van der Waals surface area (Å²) >= 11 is 0. The van der Waals surface area contributed by atoms with Crippen LogP contribution in [0.15, 0.2) is 76.7 Å². The fourth-order valence-electron chi connectivity index (χ4n) is 3.84. The molecule has 32 heavy (non-hydrogen) atoms. The van der Waals surface area contributed by atoms with Crippen molar-refractivity contribution >= 4 is 26.7 Å². The van der Waals surface area contributed by atoms with E-state index >= 15 is 0 Å². The third-order valence-electron chi connectivity index (χ3n) is 5.47. The molecule has 0 saturated heterocycles. The van der Waals surface area contributed by atoms with E-state index in [0.29, 0.717) is 27.9 Å². The Balaban J connectivity index is 1.86. The molecule has 0 N–H and O–H groups in total. The maximum Gasteiger partial charge on any atom is 0.325 e. The first-order valence-electron chi connectivity index (χ1n) is 9.91. The van der Waals surface area contributed by atoms with Crippen molar-refractivity contribution < 1.29 is 22.3 Å². The van der Waals surface area contributed by atoms with Gasteiger partial charge < -0.3 is 9.30 Å². The van der Waals surface area contributed by atoms with Gasteiger partial charge in [0.2, 0.25) is 9.84 Å². The number of methoxy groups -OCH3 is 1. The summed E-state index contributed by atoms with van der Waals surface area (Å²) in [6.45, 7) is 1.77. The normalized spacial score (nSPS) is 11.6. The number of hydrogen-bond donors (Lipinski definition) is 0. The van der Waals surface area contributed by atoms with Crippen LogP contribution in [0.4, 0.5) is 4.39 Å². The van der Waals surface area contributed by atoms with E-state index in [9.17, 15) is 17.6 Å². The molecule has 8 heteroatoms. The molecule has 0 aliphatic heterocycles. The third kappa shape index (κ3) is 3.89. The summed E-state index contributed by atoms with van der Waals surface area (Å²) in [6, 6.07) is 15.6. The van der Waals surface area contributed by atoms with Gasteiger partial charge in [0.05, 0.1) is 22.6 Å². The zero-order valence-corrected chi connectivity index (χ0v) is 18.4. The molecular formula is C24H21FN2O4S. The van der Waals surface area contributed by atoms with Crippen LogP contribution in [0.5, 0.6) is 0 Å². The highest BCUT2D eigenvalue weighted by molar-refractivity contribution is 7.91. The minimum absolute atomic E-state index is 0.0398. The molecule has 2 heterocycles. The lowest BCUT2D eigenvalue weighted by Crippen LogP contribution is -2.13. The largest absolute Gasteiger partial charge is 0.468 e. The van der Waals surface area contributed by atoms with Gasteiger partial charge in [-0.05, 0) is 55.0 Å². The van der Waals surface area contributed by atoms with Crippen molar-refractivity contribution in [2.75, 3.05) is 7.11 Å². The molecular weight excluding hydrogens is 431 g/mol. The van der Waals surface area contributed by atoms with E-state index in [0.717, 1.165) is 0 Å². The number of halogens is 1. The molecule has 0 atom stereocenters. The Morgan fingerprint density at radius 3 is 2.56 bits per heavy atom. The van der Waals surface area contributed by atoms with Crippen LogP contribution >= 0.6 is 0 Å². The SMILES string of the molecule is COC(=O)Cn1c(C)c(Cc2ncccc2S(=O)(=O)c2ccccc2)c2cc(F)ccc21. The van der Waals surface area contributed by atoms with E-state index in [1.807, 2.05) is 6.92 Å². The molecule has 6 nitrogen and oxygen atoms in total. The van der Waals surface area contributed by atoms with Gasteiger partial charge in [0, 0.05) is 29.2 Å². The van der Waals surface area contributed by atoms with Gasteiger partial charge in [-0.15, -0.1) is 0 Å². The molecule has 164 valence electrons. The molecule has 2 aromatic carbocycles. The molecule has 4 aromatic rings. The fourth-order valence-corrected chi connectivity index (χ4v) is 5.30. The first-order chi connectivity index (χ1) is 15.3. The average Bonchev–Trinajstić information content (AvgIpc) is 3.05. The lowest BCUT2D eigenvalue weighted by Gasteiger charge is -2.11. The molecule has 0 aliphatic carbocycles. The molecule has 0 radical (unpaired) electrons. The minimum Gasteiger partial charge on any atom is -0.468 e. The van der Waals surface area contributed by atoms with Crippen LogP contribution < -0.4 is 0 Å². The molecule has 0 aliphatic rings. The van der Waals surface area contributed by atoms with Crippen molar-refractivity contribution in [2.45, 2.75) is 29.7 Å². The number of aromatic nitrogens is 2. The van der Waals surface area contributed by atoms with Crippen LogP contribution in [-0.4, -0.2) is 31.0 Å². The zero-order chi connectivity index (χ0) is 22.9. The number of rotatable bonds is 6. The maximum absolute atomic E-state index is 14.1. The second-order valence-electron chi connectivity index (χ2n) is 7.33. The molecule has 4 rings (SSSR count). The first-order valence-corrected chi connectivity index (χ1v) is 11.4. The summed E-state index contributed by atoms with van der Waals surface area (Å²) in [5.41, 5.74) is 2.42. The lowest BCUT2D eigenvalue weighted by molar-refractivity contribution is -0.141. The van der Waals surface area contributed by atoms with E-state index in [4.69, 9.17) is 4.74 Å². The maximum atomic E-state index is 14.1. The lowest BCUT2D eigenvalue weighted by atomic mass is 10.1. The smallest absolute Gasteiger partial charge is 0.325 e. The average molecular weight is 453 g/mol. The Kier molecular flexibility index (Phi) is 5.80. The summed E-state index contributed by atoms with van der Waals surface area (Å²) in [7, 11) is -2.49. The Morgan fingerprint density at radius 1 is 1.09 bits per heavy atom. The number of carbonyl (C=O) groups is 1. The molecule has 0 unspecified atom stereocenters. The molecule has 0 saturated carbocycles. The number of esters is 1. The van der Waals surface area contributed by atoms with Gasteiger partial charge in [-0.2, -0.15) is 0 Å². The standard InChI is InChI=1S/C24H21FN2O4S/c1-16-19(20-13-17(25)10-11-22(20)27(16)15-24(28)31-2)14-21-23(9-6-12-26-21)32(29,30)18-7-4-3-5-8-18/h3-13H,14-15H2,1-2H3. The Hall–Kier alpha value is -3.52. The number of fused-ring (bicyclic) bond motifs is 1. The number of ether oxygens (including phenoxy) is 1. The van der Waals surface area contributed by atoms with Gasteiger partial charge in [-0.25, -0.2) is 12.8 Å². The quantitative estimate of drug-likeness (QED) is 0.412. The zero-order valence-electron chi connectivity index (χ0n) is 17.6. The van der Waals surface area contributed by atoms with Gasteiger partial charge in [-0.3, -0.25) is 9.78 Å². The summed E-state index contributed by atoms with van der Waals surface area (Å²) in [4.78, 5) is 16.6. The van der Waals surface area contributed by atoms with E-state index in [1.165, 1.54) is 43.6 Å². The number of benzene rings is 2. The Labute approximate surface area is 185 Å². The highest BCUT2D eigenvalue weighted by Gasteiger charge is 2.24. The van der Waals surface area contributed by atoms with Gasteiger partial charge in [0.15, 0.2) is 0 Å². The second-order valence-corrected chi connectivity index (χ2v) is 9.25. The van der Waals surface area contributed by atoms with Crippen molar-refractivity contribution in [1.29, 1.82) is 0 Å². The van der Waals surface area contributed by atoms with Crippen LogP contribution in [-0.2, 0) is 32.3 Å². The van der Waals surface area contributed by atoms with E-state index in [-0.39, 0.29) is 22.8 Å². The van der Waals surface area contributed by atoms with Crippen molar-refractivity contribution in [3.8, 4) is 0 Å². The fraction of sp³-hybridized carbons (Fsp3) is 0.167. The molecule has 0 bridgehead atoms. The number of sulfone groups is 1. The van der Waals surface area contributed by atoms with Crippen LogP contribution in [0.1, 0.15) is 17.0 Å². The highest BCUT2D eigenvalue weighted by atomic mass is 32.2. The predicted molar refractivity (Wildman–Crippen MR) is 118 cm³/mol. The predicted octanol–water partition coefficient (Wildman–Crippen LogP) is 4.08. The van der Waals surface area contributed by atoms with Gasteiger partial charge in [-0.1, -0.05) is 18.2 Å². The van der Waals surface area contributed by atoms with Gasteiger partial charge >= 0.3 is 5.97 Å². The third-order valence-corrected chi connectivity index (χ3v) is 7.31. The van der Waals surface area contributed by atoms with Crippen molar-refractivity contribution in [3.05, 3.63) is 89.6 Å². The highest BCUT2D eigenvalue weighted by Crippen LogP contribution is 2.31. The van der Waals surface area contributed by atoms with Crippen LogP contribution in [0.2, 0.25) is 0 Å². The Morgan fingerprint density at radius 2 is 1.84 bits per heavy atom. The van der Waals surface area contributed by atoms with Crippen LogP contribution in [0.3, 0.4) is 0 Å². The monoisotopic (exact) mass is 452 g/mol. The van der Waals surface area contributed by atoms with Gasteiger partial charge in [0.1, 0.15) is 12.4 Å². The first kappa shape index (κ1) is 21.7. The number of carbonyl (C=O) groups excluding carboxylic acids is 1. The number of pyridine rings is 1. The van der Waals surface area contributed by atoms with E-state index in [2.05, 4.69) is 4.98 Å². The summed E-state index contributed by atoms with van der Waals surface area (Å²) in [6.07, 6.45) is 1.69. The number of hydrogen-bond acceptors (Lipinski definition) is 5. The molecule has 2 aromatic heterocycles. The summed E-state index contributed by atoms with van der Waals surface area (Å²) in [5.74, 6) is -0.863. The van der Waals surface area contributed by atoms with E-state index < -0.39 is 21.6 Å². The van der Waals surface area contributed by atoms with Crippen LogP contribution in [0.25, 0.3) is 10.9 Å². The minimum atomic E-state index is -3.80. The summed E-state index contributed by atoms with van der Waals surface area (Å²) in [5, 5.41) is 0.597. The van der Waals surface area contributed by atoms with Crippen molar-refractivity contribution in [1.82, 2.24) is 9.55 Å². The van der Waals surface area contributed by atoms with Gasteiger partial charge in [0.25, 0.3) is 0 Å². The van der Waals surface area contributed by atoms with E-state index in [1.54, 1.807) is 34.9 Å². The van der Waals surface area contributed by atoms with Crippen molar-refractivity contribution in [2.24, 2.45) is 0 Å². The molecule has 0 fully saturated rings. The second kappa shape index (κ2) is 8.55. The number of nitrogens with zero attached hydrogens (tertiary/aromatic N) is 2. The molecule has 0 amide bonds. The Bertz CT molecular complexity index is 1410. The summed E-state index contributed by atoms with van der Waals surface area (Å²) < 4.78 is 47.2. The molecule has 0 spiro atoms. The van der Waals surface area contributed by atoms with Crippen LogP contribution in [0, 0.1) is 12.7 Å². The van der Waals surface area contributed by atoms with Crippen molar-refractivity contribution in [3.63, 3.8) is 0 Å².